The number of nitrogens with zero attached hydrogens (tertiary/aromatic N) is 4. The highest BCUT2D eigenvalue weighted by Gasteiger charge is 2.24. The maximum Gasteiger partial charge on any atom is 0.245 e. The zero-order chi connectivity index (χ0) is 18.6. The Bertz CT molecular complexity index is 937. The van der Waals surface area contributed by atoms with Gasteiger partial charge in [0.15, 0.2) is 0 Å². The molecule has 1 amide bonds. The number of aromatic nitrogens is 4. The lowest BCUT2D eigenvalue weighted by Crippen LogP contribution is -2.34. The Balaban J connectivity index is 1.49. The van der Waals surface area contributed by atoms with Gasteiger partial charge >= 0.3 is 0 Å². The molecule has 1 aliphatic heterocycles. The Labute approximate surface area is 157 Å². The van der Waals surface area contributed by atoms with Gasteiger partial charge in [-0.25, -0.2) is 4.68 Å². The predicted molar refractivity (Wildman–Crippen MR) is 101 cm³/mol. The molecule has 1 atom stereocenters. The Kier molecular flexibility index (Phi) is 4.93. The van der Waals surface area contributed by atoms with Crippen LogP contribution in [0.25, 0.3) is 0 Å². The number of aryl methyl sites for hydroxylation is 1. The molecule has 7 heteroatoms. The summed E-state index contributed by atoms with van der Waals surface area (Å²) in [5.41, 5.74) is 4.80. The van der Waals surface area contributed by atoms with Gasteiger partial charge in [-0.15, -0.1) is 5.10 Å². The van der Waals surface area contributed by atoms with Crippen molar-refractivity contribution in [3.63, 3.8) is 0 Å². The molecule has 0 bridgehead atoms. The van der Waals surface area contributed by atoms with Gasteiger partial charge < -0.3 is 10.6 Å². The third-order valence-corrected chi connectivity index (χ3v) is 4.90. The second-order valence-electron chi connectivity index (χ2n) is 6.80. The number of benzene rings is 2. The minimum Gasteiger partial charge on any atom is -0.350 e. The molecule has 4 rings (SSSR count). The van der Waals surface area contributed by atoms with Crippen molar-refractivity contribution in [2.45, 2.75) is 39.0 Å². The minimum absolute atomic E-state index is 0.0899. The van der Waals surface area contributed by atoms with Gasteiger partial charge in [0.25, 0.3) is 0 Å². The van der Waals surface area contributed by atoms with Gasteiger partial charge in [-0.3, -0.25) is 4.79 Å². The fourth-order valence-electron chi connectivity index (χ4n) is 3.42. The van der Waals surface area contributed by atoms with Crippen molar-refractivity contribution in [1.29, 1.82) is 0 Å². The number of rotatable bonds is 6. The zero-order valence-corrected chi connectivity index (χ0v) is 15.2. The molecule has 1 aliphatic rings. The highest BCUT2D eigenvalue weighted by molar-refractivity contribution is 5.80. The fourth-order valence-corrected chi connectivity index (χ4v) is 3.42. The lowest BCUT2D eigenvalue weighted by molar-refractivity contribution is -0.124. The van der Waals surface area contributed by atoms with Crippen molar-refractivity contribution >= 4 is 5.91 Å². The lowest BCUT2D eigenvalue weighted by Gasteiger charge is -2.18. The van der Waals surface area contributed by atoms with Crippen LogP contribution in [0.3, 0.4) is 0 Å². The van der Waals surface area contributed by atoms with Crippen LogP contribution < -0.4 is 10.6 Å². The molecule has 0 saturated carbocycles. The normalized spacial score (nSPS) is 14.0. The molecule has 0 spiro atoms. The molecule has 3 aromatic rings. The summed E-state index contributed by atoms with van der Waals surface area (Å²) in [4.78, 5) is 13.0. The molecule has 2 N–H and O–H groups in total. The van der Waals surface area contributed by atoms with E-state index in [0.717, 1.165) is 24.2 Å². The maximum absolute atomic E-state index is 13.0. The van der Waals surface area contributed by atoms with Gasteiger partial charge in [0.05, 0.1) is 0 Å². The number of amides is 1. The number of nitrogens with one attached hydrogen (secondary N) is 2. The number of carbonyl (C=O) groups excluding carboxylic acids is 1. The molecule has 0 fully saturated rings. The van der Waals surface area contributed by atoms with Crippen LogP contribution in [0.15, 0.2) is 48.5 Å². The van der Waals surface area contributed by atoms with Gasteiger partial charge in [0, 0.05) is 26.1 Å². The molecule has 0 aliphatic carbocycles. The number of tetrazole rings is 1. The third kappa shape index (κ3) is 3.88. The van der Waals surface area contributed by atoms with Crippen LogP contribution >= 0.6 is 0 Å². The Hall–Kier alpha value is -3.06. The van der Waals surface area contributed by atoms with Crippen molar-refractivity contribution in [2.24, 2.45) is 0 Å². The largest absolute Gasteiger partial charge is 0.350 e. The molecule has 1 unspecified atom stereocenters. The molecular formula is C20H22N6O. The fraction of sp³-hybridized carbons (Fsp3) is 0.300. The SMILES string of the molecule is Cc1nnnn1C(Cc1ccccc1)C(=O)NCc1ccc2c(c1)CNC2. The third-order valence-electron chi connectivity index (χ3n) is 4.90. The highest BCUT2D eigenvalue weighted by atomic mass is 16.2. The molecule has 0 saturated heterocycles. The first kappa shape index (κ1) is 17.4. The topological polar surface area (TPSA) is 84.7 Å². The maximum atomic E-state index is 13.0. The molecule has 0 radical (unpaired) electrons. The second-order valence-corrected chi connectivity index (χ2v) is 6.80. The predicted octanol–water partition coefficient (Wildman–Crippen LogP) is 1.68. The van der Waals surface area contributed by atoms with Crippen LogP contribution in [-0.2, 0) is 30.8 Å². The van der Waals surface area contributed by atoms with E-state index < -0.39 is 6.04 Å². The first-order valence-corrected chi connectivity index (χ1v) is 9.08. The van der Waals surface area contributed by atoms with Crippen molar-refractivity contribution in [3.05, 3.63) is 76.6 Å². The molecule has 138 valence electrons. The van der Waals surface area contributed by atoms with E-state index in [9.17, 15) is 4.79 Å². The Morgan fingerprint density at radius 2 is 1.96 bits per heavy atom. The van der Waals surface area contributed by atoms with E-state index in [2.05, 4.69) is 44.4 Å². The van der Waals surface area contributed by atoms with E-state index >= 15 is 0 Å². The number of carbonyl (C=O) groups is 1. The summed E-state index contributed by atoms with van der Waals surface area (Å²) in [6, 6.07) is 15.8. The van der Waals surface area contributed by atoms with Crippen LogP contribution in [0.4, 0.5) is 0 Å². The number of fused-ring (bicyclic) bond motifs is 1. The second kappa shape index (κ2) is 7.67. The molecular weight excluding hydrogens is 340 g/mol. The summed E-state index contributed by atoms with van der Waals surface area (Å²) in [6.45, 7) is 4.09. The van der Waals surface area contributed by atoms with Crippen LogP contribution in [0.1, 0.15) is 34.1 Å². The van der Waals surface area contributed by atoms with Crippen molar-refractivity contribution in [1.82, 2.24) is 30.8 Å². The monoisotopic (exact) mass is 362 g/mol. The Morgan fingerprint density at radius 1 is 1.15 bits per heavy atom. The Morgan fingerprint density at radius 3 is 2.74 bits per heavy atom. The first-order valence-electron chi connectivity index (χ1n) is 9.08. The van der Waals surface area contributed by atoms with E-state index in [1.165, 1.54) is 11.1 Å². The molecule has 7 nitrogen and oxygen atoms in total. The first-order chi connectivity index (χ1) is 13.2. The highest BCUT2D eigenvalue weighted by Crippen LogP contribution is 2.18. The van der Waals surface area contributed by atoms with Crippen molar-refractivity contribution in [3.8, 4) is 0 Å². The molecule has 1 aromatic heterocycles. The van der Waals surface area contributed by atoms with Gasteiger partial charge in [-0.1, -0.05) is 48.5 Å². The van der Waals surface area contributed by atoms with Crippen LogP contribution in [0.5, 0.6) is 0 Å². The van der Waals surface area contributed by atoms with Gasteiger partial charge in [0.1, 0.15) is 11.9 Å². The average molecular weight is 362 g/mol. The van der Waals surface area contributed by atoms with Crippen molar-refractivity contribution in [2.75, 3.05) is 0 Å². The van der Waals surface area contributed by atoms with E-state index in [1.807, 2.05) is 30.3 Å². The summed E-state index contributed by atoms with van der Waals surface area (Å²) in [5, 5.41) is 18.0. The van der Waals surface area contributed by atoms with E-state index in [1.54, 1.807) is 11.6 Å². The van der Waals surface area contributed by atoms with E-state index in [0.29, 0.717) is 18.8 Å². The van der Waals surface area contributed by atoms with Gasteiger partial charge in [-0.05, 0) is 39.6 Å². The molecule has 27 heavy (non-hydrogen) atoms. The zero-order valence-electron chi connectivity index (χ0n) is 15.2. The van der Waals surface area contributed by atoms with Gasteiger partial charge in [0.2, 0.25) is 5.91 Å². The van der Waals surface area contributed by atoms with Gasteiger partial charge in [-0.2, -0.15) is 0 Å². The smallest absolute Gasteiger partial charge is 0.245 e. The summed E-state index contributed by atoms with van der Waals surface area (Å²) in [5.74, 6) is 0.530. The standard InChI is InChI=1S/C20H22N6O/c1-14-23-24-25-26(14)19(10-15-5-3-2-4-6-15)20(27)22-11-16-7-8-17-12-21-13-18(17)9-16/h2-9,19,21H,10-13H2,1H3,(H,22,27). The number of hydrogen-bond donors (Lipinski definition) is 2. The van der Waals surface area contributed by atoms with Crippen LogP contribution in [-0.4, -0.2) is 26.1 Å². The van der Waals surface area contributed by atoms with Crippen molar-refractivity contribution < 1.29 is 4.79 Å². The lowest BCUT2D eigenvalue weighted by atomic mass is 10.0. The summed E-state index contributed by atoms with van der Waals surface area (Å²) >= 11 is 0. The summed E-state index contributed by atoms with van der Waals surface area (Å²) in [6.07, 6.45) is 0.534. The minimum atomic E-state index is -0.488. The van der Waals surface area contributed by atoms with Crippen LogP contribution in [0, 0.1) is 6.92 Å². The van der Waals surface area contributed by atoms with Crippen LogP contribution in [0.2, 0.25) is 0 Å². The molecule has 2 heterocycles. The number of hydrogen-bond acceptors (Lipinski definition) is 5. The molecule has 2 aromatic carbocycles. The average Bonchev–Trinajstić information content (AvgIpc) is 3.33. The van der Waals surface area contributed by atoms with E-state index in [4.69, 9.17) is 0 Å². The summed E-state index contributed by atoms with van der Waals surface area (Å²) in [7, 11) is 0. The summed E-state index contributed by atoms with van der Waals surface area (Å²) < 4.78 is 1.59. The van der Waals surface area contributed by atoms with E-state index in [-0.39, 0.29) is 5.91 Å². The quantitative estimate of drug-likeness (QED) is 0.697.